The third-order valence-electron chi connectivity index (χ3n) is 4.61. The van der Waals surface area contributed by atoms with Crippen LogP contribution in [0.15, 0.2) is 48.5 Å². The van der Waals surface area contributed by atoms with Crippen LogP contribution in [0.25, 0.3) is 0 Å². The van der Waals surface area contributed by atoms with Gasteiger partial charge in [0.2, 0.25) is 12.7 Å². The van der Waals surface area contributed by atoms with Crippen molar-refractivity contribution in [3.8, 4) is 11.5 Å². The number of rotatable bonds is 4. The summed E-state index contributed by atoms with van der Waals surface area (Å²) in [6.45, 7) is 2.26. The minimum absolute atomic E-state index is 0.0472. The molecule has 1 aliphatic carbocycles. The van der Waals surface area contributed by atoms with Crippen molar-refractivity contribution in [2.75, 3.05) is 6.79 Å². The van der Waals surface area contributed by atoms with Gasteiger partial charge in [0.15, 0.2) is 11.5 Å². The van der Waals surface area contributed by atoms with Gasteiger partial charge in [0.25, 0.3) is 0 Å². The molecule has 0 radical (unpaired) electrons. The van der Waals surface area contributed by atoms with Crippen LogP contribution in [0.2, 0.25) is 0 Å². The van der Waals surface area contributed by atoms with Gasteiger partial charge in [-0.05, 0) is 42.5 Å². The SMILES string of the molecule is CC(NC(=O)C1CC1c1ccccc1)c1ccc2c(c1)OCO2. The summed E-state index contributed by atoms with van der Waals surface area (Å²) in [7, 11) is 0. The molecule has 1 fully saturated rings. The molecule has 1 aliphatic heterocycles. The molecule has 2 aromatic carbocycles. The third-order valence-corrected chi connectivity index (χ3v) is 4.61. The predicted molar refractivity (Wildman–Crippen MR) is 86.4 cm³/mol. The largest absolute Gasteiger partial charge is 0.454 e. The standard InChI is InChI=1S/C19H19NO3/c1-12(14-7-8-17-18(9-14)23-11-22-17)20-19(21)16-10-15(16)13-5-3-2-4-6-13/h2-9,12,15-16H,10-11H2,1H3,(H,20,21). The maximum absolute atomic E-state index is 12.4. The molecule has 23 heavy (non-hydrogen) atoms. The van der Waals surface area contributed by atoms with Crippen molar-refractivity contribution >= 4 is 5.91 Å². The van der Waals surface area contributed by atoms with Crippen molar-refractivity contribution in [3.05, 3.63) is 59.7 Å². The van der Waals surface area contributed by atoms with Crippen LogP contribution in [0.3, 0.4) is 0 Å². The van der Waals surface area contributed by atoms with Crippen molar-refractivity contribution in [2.24, 2.45) is 5.92 Å². The fraction of sp³-hybridized carbons (Fsp3) is 0.316. The predicted octanol–water partition coefficient (Wildman–Crippen LogP) is 3.40. The van der Waals surface area contributed by atoms with E-state index in [4.69, 9.17) is 9.47 Å². The molecule has 1 saturated carbocycles. The first-order valence-electron chi connectivity index (χ1n) is 7.97. The summed E-state index contributed by atoms with van der Waals surface area (Å²) in [5.41, 5.74) is 2.28. The van der Waals surface area contributed by atoms with E-state index in [2.05, 4.69) is 17.4 Å². The summed E-state index contributed by atoms with van der Waals surface area (Å²) in [5, 5.41) is 3.11. The minimum atomic E-state index is -0.0472. The number of nitrogens with one attached hydrogen (secondary N) is 1. The maximum atomic E-state index is 12.4. The number of benzene rings is 2. The summed E-state index contributed by atoms with van der Waals surface area (Å²) in [6.07, 6.45) is 0.934. The number of fused-ring (bicyclic) bond motifs is 1. The molecule has 4 nitrogen and oxygen atoms in total. The van der Waals surface area contributed by atoms with E-state index in [1.54, 1.807) is 0 Å². The van der Waals surface area contributed by atoms with Crippen molar-refractivity contribution in [1.29, 1.82) is 0 Å². The first-order chi connectivity index (χ1) is 11.2. The average molecular weight is 309 g/mol. The van der Waals surface area contributed by atoms with E-state index < -0.39 is 0 Å². The molecule has 4 heteroatoms. The number of carbonyl (C=O) groups excluding carboxylic acids is 1. The molecular weight excluding hydrogens is 290 g/mol. The Balaban J connectivity index is 1.39. The highest BCUT2D eigenvalue weighted by molar-refractivity contribution is 5.83. The molecule has 0 saturated heterocycles. The Hall–Kier alpha value is -2.49. The molecule has 0 spiro atoms. The van der Waals surface area contributed by atoms with Gasteiger partial charge in [-0.2, -0.15) is 0 Å². The van der Waals surface area contributed by atoms with Gasteiger partial charge >= 0.3 is 0 Å². The Morgan fingerprint density at radius 3 is 2.74 bits per heavy atom. The van der Waals surface area contributed by atoms with Gasteiger partial charge in [-0.25, -0.2) is 0 Å². The minimum Gasteiger partial charge on any atom is -0.454 e. The molecule has 0 aromatic heterocycles. The van der Waals surface area contributed by atoms with Crippen molar-refractivity contribution < 1.29 is 14.3 Å². The number of ether oxygens (including phenoxy) is 2. The Morgan fingerprint density at radius 2 is 1.91 bits per heavy atom. The van der Waals surface area contributed by atoms with Crippen molar-refractivity contribution in [1.82, 2.24) is 5.32 Å². The summed E-state index contributed by atoms with van der Waals surface area (Å²) in [5.74, 6) is 2.09. The second-order valence-corrected chi connectivity index (χ2v) is 6.20. The topological polar surface area (TPSA) is 47.6 Å². The first kappa shape index (κ1) is 14.1. The highest BCUT2D eigenvalue weighted by Crippen LogP contribution is 2.47. The van der Waals surface area contributed by atoms with Crippen LogP contribution in [0, 0.1) is 5.92 Å². The van der Waals surface area contributed by atoms with Crippen LogP contribution in [-0.2, 0) is 4.79 Å². The molecule has 2 aliphatic rings. The Kier molecular flexibility index (Phi) is 3.45. The van der Waals surface area contributed by atoms with E-state index in [9.17, 15) is 4.79 Å². The fourth-order valence-corrected chi connectivity index (χ4v) is 3.14. The van der Waals surface area contributed by atoms with Crippen LogP contribution in [0.4, 0.5) is 0 Å². The molecule has 4 rings (SSSR count). The van der Waals surface area contributed by atoms with Crippen LogP contribution in [0.1, 0.15) is 36.4 Å². The molecule has 118 valence electrons. The monoisotopic (exact) mass is 309 g/mol. The van der Waals surface area contributed by atoms with Gasteiger partial charge in [0, 0.05) is 5.92 Å². The van der Waals surface area contributed by atoms with Gasteiger partial charge < -0.3 is 14.8 Å². The van der Waals surface area contributed by atoms with E-state index in [1.807, 2.05) is 43.3 Å². The highest BCUT2D eigenvalue weighted by atomic mass is 16.7. The molecule has 2 aromatic rings. The number of amides is 1. The molecule has 1 heterocycles. The Bertz CT molecular complexity index is 729. The maximum Gasteiger partial charge on any atom is 0.231 e. The zero-order chi connectivity index (χ0) is 15.8. The smallest absolute Gasteiger partial charge is 0.231 e. The Morgan fingerprint density at radius 1 is 1.13 bits per heavy atom. The molecule has 3 unspecified atom stereocenters. The lowest BCUT2D eigenvalue weighted by Gasteiger charge is -2.15. The molecule has 1 N–H and O–H groups in total. The van der Waals surface area contributed by atoms with E-state index in [-0.39, 0.29) is 24.7 Å². The summed E-state index contributed by atoms with van der Waals surface area (Å²) in [6, 6.07) is 16.0. The lowest BCUT2D eigenvalue weighted by molar-refractivity contribution is -0.123. The van der Waals surface area contributed by atoms with E-state index in [1.165, 1.54) is 5.56 Å². The van der Waals surface area contributed by atoms with Gasteiger partial charge in [0.05, 0.1) is 6.04 Å². The third kappa shape index (κ3) is 2.77. The summed E-state index contributed by atoms with van der Waals surface area (Å²) >= 11 is 0. The number of hydrogen-bond donors (Lipinski definition) is 1. The lowest BCUT2D eigenvalue weighted by Crippen LogP contribution is -2.28. The van der Waals surface area contributed by atoms with E-state index in [0.29, 0.717) is 5.92 Å². The van der Waals surface area contributed by atoms with E-state index in [0.717, 1.165) is 23.5 Å². The quantitative estimate of drug-likeness (QED) is 0.941. The normalized spacial score (nSPS) is 22.5. The molecule has 1 amide bonds. The first-order valence-corrected chi connectivity index (χ1v) is 7.97. The number of carbonyl (C=O) groups is 1. The second-order valence-electron chi connectivity index (χ2n) is 6.20. The number of hydrogen-bond acceptors (Lipinski definition) is 3. The molecular formula is C19H19NO3. The van der Waals surface area contributed by atoms with Gasteiger partial charge in [-0.15, -0.1) is 0 Å². The van der Waals surface area contributed by atoms with Crippen molar-refractivity contribution in [2.45, 2.75) is 25.3 Å². The Labute approximate surface area is 135 Å². The van der Waals surface area contributed by atoms with Gasteiger partial charge in [0.1, 0.15) is 0 Å². The molecule has 0 bridgehead atoms. The average Bonchev–Trinajstić information content (AvgIpc) is 3.25. The van der Waals surface area contributed by atoms with Gasteiger partial charge in [-0.1, -0.05) is 36.4 Å². The second kappa shape index (κ2) is 5.61. The summed E-state index contributed by atoms with van der Waals surface area (Å²) in [4.78, 5) is 12.4. The van der Waals surface area contributed by atoms with Crippen molar-refractivity contribution in [3.63, 3.8) is 0 Å². The zero-order valence-electron chi connectivity index (χ0n) is 13.0. The van der Waals surface area contributed by atoms with Gasteiger partial charge in [-0.3, -0.25) is 4.79 Å². The van der Waals surface area contributed by atoms with E-state index >= 15 is 0 Å². The highest BCUT2D eigenvalue weighted by Gasteiger charge is 2.44. The summed E-state index contributed by atoms with van der Waals surface area (Å²) < 4.78 is 10.7. The fourth-order valence-electron chi connectivity index (χ4n) is 3.14. The molecule has 3 atom stereocenters. The zero-order valence-corrected chi connectivity index (χ0v) is 13.0. The van der Waals surface area contributed by atoms with Crippen LogP contribution < -0.4 is 14.8 Å². The van der Waals surface area contributed by atoms with Crippen LogP contribution in [-0.4, -0.2) is 12.7 Å². The van der Waals surface area contributed by atoms with Crippen LogP contribution in [0.5, 0.6) is 11.5 Å². The van der Waals surface area contributed by atoms with Crippen LogP contribution >= 0.6 is 0 Å². The lowest BCUT2D eigenvalue weighted by atomic mass is 10.1.